The van der Waals surface area contributed by atoms with E-state index in [1.807, 2.05) is 60.8 Å². The van der Waals surface area contributed by atoms with Crippen LogP contribution in [0.3, 0.4) is 0 Å². The Morgan fingerprint density at radius 1 is 0.818 bits per heavy atom. The number of benzene rings is 4. The van der Waals surface area contributed by atoms with Gasteiger partial charge in [0.1, 0.15) is 0 Å². The summed E-state index contributed by atoms with van der Waals surface area (Å²) in [6, 6.07) is 31.8. The van der Waals surface area contributed by atoms with Crippen molar-refractivity contribution in [2.45, 2.75) is 43.4 Å². The van der Waals surface area contributed by atoms with Gasteiger partial charge in [-0.2, -0.15) is 0 Å². The van der Waals surface area contributed by atoms with Gasteiger partial charge < -0.3 is 25.6 Å². The molecule has 0 spiro atoms. The van der Waals surface area contributed by atoms with Crippen molar-refractivity contribution in [2.24, 2.45) is 0 Å². The molecule has 228 valence electrons. The Hall–Kier alpha value is -4.64. The van der Waals surface area contributed by atoms with Gasteiger partial charge in [-0.05, 0) is 86.5 Å². The van der Waals surface area contributed by atoms with Crippen LogP contribution in [0.1, 0.15) is 31.9 Å². The molecule has 1 atom stereocenters. The molecular formula is C34H37N5O4S. The zero-order valence-electron chi connectivity index (χ0n) is 24.7. The second kappa shape index (κ2) is 13.3. The summed E-state index contributed by atoms with van der Waals surface area (Å²) in [5, 5.41) is 21.1. The van der Waals surface area contributed by atoms with Gasteiger partial charge >= 0.3 is 6.03 Å². The van der Waals surface area contributed by atoms with E-state index in [1.165, 1.54) is 12.1 Å². The van der Waals surface area contributed by atoms with Crippen LogP contribution in [-0.4, -0.2) is 36.2 Å². The highest BCUT2D eigenvalue weighted by Crippen LogP contribution is 2.24. The average molecular weight is 612 g/mol. The molecule has 2 amide bonds. The molecule has 4 aromatic carbocycles. The Kier molecular flexibility index (Phi) is 9.34. The van der Waals surface area contributed by atoms with Gasteiger partial charge in [0.15, 0.2) is 0 Å². The van der Waals surface area contributed by atoms with Gasteiger partial charge in [0.05, 0.1) is 11.0 Å². The van der Waals surface area contributed by atoms with Crippen LogP contribution < -0.4 is 20.7 Å². The van der Waals surface area contributed by atoms with Crippen molar-refractivity contribution in [3.63, 3.8) is 0 Å². The fraction of sp³-hybridized carbons (Fsp3) is 0.206. The number of amides is 2. The first-order valence-electron chi connectivity index (χ1n) is 14.4. The van der Waals surface area contributed by atoms with Crippen molar-refractivity contribution in [1.29, 1.82) is 0 Å². The molecular weight excluding hydrogens is 574 g/mol. The van der Waals surface area contributed by atoms with Crippen LogP contribution >= 0.6 is 0 Å². The van der Waals surface area contributed by atoms with Gasteiger partial charge in [-0.15, -0.1) is 0 Å². The number of aryl methyl sites for hydroxylation is 1. The van der Waals surface area contributed by atoms with Gasteiger partial charge in [-0.3, -0.25) is 4.72 Å². The number of aliphatic hydroxyl groups is 1. The fourth-order valence-corrected chi connectivity index (χ4v) is 5.96. The molecule has 44 heavy (non-hydrogen) atoms. The lowest BCUT2D eigenvalue weighted by Crippen LogP contribution is -2.42. The van der Waals surface area contributed by atoms with Crippen LogP contribution in [-0.2, 0) is 16.6 Å². The lowest BCUT2D eigenvalue weighted by molar-refractivity contribution is 0.158. The normalized spacial score (nSPS) is 12.5. The molecule has 0 fully saturated rings. The van der Waals surface area contributed by atoms with Gasteiger partial charge in [-0.1, -0.05) is 48.5 Å². The van der Waals surface area contributed by atoms with Gasteiger partial charge in [0.25, 0.3) is 10.0 Å². The molecule has 1 heterocycles. The molecule has 0 saturated heterocycles. The van der Waals surface area contributed by atoms with E-state index in [9.17, 15) is 18.3 Å². The fourth-order valence-electron chi connectivity index (χ4n) is 4.89. The summed E-state index contributed by atoms with van der Waals surface area (Å²) in [7, 11) is -3.73. The van der Waals surface area contributed by atoms with Crippen LogP contribution in [0.15, 0.2) is 120 Å². The number of hydrogen-bond acceptors (Lipinski definition) is 5. The summed E-state index contributed by atoms with van der Waals surface area (Å²) >= 11 is 0. The van der Waals surface area contributed by atoms with E-state index in [0.717, 1.165) is 29.6 Å². The Labute approximate surface area is 258 Å². The van der Waals surface area contributed by atoms with Crippen LogP contribution in [0.5, 0.6) is 0 Å². The van der Waals surface area contributed by atoms with E-state index in [4.69, 9.17) is 0 Å². The first-order valence-corrected chi connectivity index (χ1v) is 15.9. The zero-order chi connectivity index (χ0) is 31.2. The highest BCUT2D eigenvalue weighted by atomic mass is 32.2. The van der Waals surface area contributed by atoms with Crippen molar-refractivity contribution in [3.8, 4) is 0 Å². The maximum Gasteiger partial charge on any atom is 0.323 e. The molecule has 0 aliphatic rings. The van der Waals surface area contributed by atoms with Crippen molar-refractivity contribution in [2.75, 3.05) is 21.9 Å². The molecule has 5 aromatic rings. The van der Waals surface area contributed by atoms with Crippen LogP contribution in [0.25, 0.3) is 10.9 Å². The summed E-state index contributed by atoms with van der Waals surface area (Å²) in [5.74, 6) is 0. The number of carbonyl (C=O) groups excluding carboxylic acids is 1. The highest BCUT2D eigenvalue weighted by Gasteiger charge is 2.20. The van der Waals surface area contributed by atoms with Gasteiger partial charge in [0.2, 0.25) is 0 Å². The third-order valence-electron chi connectivity index (χ3n) is 7.39. The number of nitrogens with zero attached hydrogens (tertiary/aromatic N) is 1. The molecule has 5 N–H and O–H groups in total. The van der Waals surface area contributed by atoms with E-state index in [0.29, 0.717) is 23.5 Å². The quantitative estimate of drug-likeness (QED) is 0.109. The first-order chi connectivity index (χ1) is 21.1. The SMILES string of the molecule is CC(C)(CCn1ccc2cc(NC(=O)Nc3ccccc3)ccc21)NC[C@H](O)c1cccc(NS(=O)(=O)c2ccccc2)c1. The number of rotatable bonds is 12. The topological polar surface area (TPSA) is 124 Å². The number of carbonyl (C=O) groups is 1. The number of para-hydroxylation sites is 1. The Morgan fingerprint density at radius 2 is 1.50 bits per heavy atom. The molecule has 1 aromatic heterocycles. The Morgan fingerprint density at radius 3 is 2.25 bits per heavy atom. The minimum absolute atomic E-state index is 0.174. The number of aliphatic hydroxyl groups excluding tert-OH is 1. The minimum atomic E-state index is -3.73. The van der Waals surface area contributed by atoms with E-state index in [1.54, 1.807) is 42.5 Å². The smallest absolute Gasteiger partial charge is 0.323 e. The number of aromatic nitrogens is 1. The number of nitrogens with one attached hydrogen (secondary N) is 4. The van der Waals surface area contributed by atoms with Gasteiger partial charge in [-0.25, -0.2) is 13.2 Å². The Bertz CT molecular complexity index is 1820. The summed E-state index contributed by atoms with van der Waals surface area (Å²) in [4.78, 5) is 12.6. The molecule has 0 saturated carbocycles. The van der Waals surface area contributed by atoms with Crippen LogP contribution in [0.4, 0.5) is 21.9 Å². The number of urea groups is 1. The third-order valence-corrected chi connectivity index (χ3v) is 8.79. The molecule has 10 heteroatoms. The average Bonchev–Trinajstić information content (AvgIpc) is 3.42. The lowest BCUT2D eigenvalue weighted by atomic mass is 9.99. The first kappa shape index (κ1) is 30.8. The largest absolute Gasteiger partial charge is 0.387 e. The third kappa shape index (κ3) is 8.04. The number of sulfonamides is 1. The number of fused-ring (bicyclic) bond motifs is 1. The molecule has 9 nitrogen and oxygen atoms in total. The molecule has 0 aliphatic heterocycles. The van der Waals surface area contributed by atoms with Crippen molar-refractivity contribution < 1.29 is 18.3 Å². The highest BCUT2D eigenvalue weighted by molar-refractivity contribution is 7.92. The summed E-state index contributed by atoms with van der Waals surface area (Å²) in [6.45, 7) is 5.22. The van der Waals surface area contributed by atoms with E-state index in [-0.39, 0.29) is 16.5 Å². The monoisotopic (exact) mass is 611 g/mol. The van der Waals surface area contributed by atoms with Crippen molar-refractivity contribution in [1.82, 2.24) is 9.88 Å². The Balaban J connectivity index is 1.14. The lowest BCUT2D eigenvalue weighted by Gasteiger charge is -2.28. The molecule has 0 radical (unpaired) electrons. The van der Waals surface area contributed by atoms with E-state index < -0.39 is 16.1 Å². The standard InChI is InChI=1S/C34H37N5O4S/c1-34(2,35-24-32(40)26-10-9-13-29(23-26)38-44(42,43)30-14-7-4-8-15-30)19-21-39-20-18-25-22-28(16-17-31(25)39)37-33(41)36-27-11-5-3-6-12-27/h3-18,20,22-23,32,35,38,40H,19,21,24H2,1-2H3,(H2,36,37,41)/t32-/m0/s1. The van der Waals surface area contributed by atoms with E-state index >= 15 is 0 Å². The molecule has 0 bridgehead atoms. The van der Waals surface area contributed by atoms with Crippen molar-refractivity contribution in [3.05, 3.63) is 121 Å². The predicted molar refractivity (Wildman–Crippen MR) is 176 cm³/mol. The number of hydrogen-bond donors (Lipinski definition) is 5. The number of β-amino-alcohol motifs (C(OH)–C–C–N with tert-alkyl or cyclic N) is 1. The van der Waals surface area contributed by atoms with E-state index in [2.05, 4.69) is 39.1 Å². The summed E-state index contributed by atoms with van der Waals surface area (Å²) in [6.07, 6.45) is 2.00. The van der Waals surface area contributed by atoms with Crippen LogP contribution in [0, 0.1) is 0 Å². The maximum absolute atomic E-state index is 12.7. The predicted octanol–water partition coefficient (Wildman–Crippen LogP) is 6.58. The minimum Gasteiger partial charge on any atom is -0.387 e. The number of anilines is 3. The molecule has 0 unspecified atom stereocenters. The zero-order valence-corrected chi connectivity index (χ0v) is 25.5. The maximum atomic E-state index is 12.7. The van der Waals surface area contributed by atoms with Crippen molar-refractivity contribution >= 4 is 44.0 Å². The second-order valence-electron chi connectivity index (χ2n) is 11.3. The summed E-state index contributed by atoms with van der Waals surface area (Å²) < 4.78 is 30.2. The molecule has 5 rings (SSSR count). The summed E-state index contributed by atoms with van der Waals surface area (Å²) in [5.41, 5.74) is 3.20. The van der Waals surface area contributed by atoms with Gasteiger partial charge in [0, 0.05) is 52.8 Å². The second-order valence-corrected chi connectivity index (χ2v) is 13.0. The molecule has 0 aliphatic carbocycles. The van der Waals surface area contributed by atoms with Crippen LogP contribution in [0.2, 0.25) is 0 Å².